The molecule has 158 valence electrons. The van der Waals surface area contributed by atoms with E-state index in [0.717, 1.165) is 28.3 Å². The Hall–Kier alpha value is -3.42. The summed E-state index contributed by atoms with van der Waals surface area (Å²) in [6, 6.07) is 7.76. The Kier molecular flexibility index (Phi) is 6.34. The SMILES string of the molecule is CCOc1ccc(CN(C)C(=O)CCc2c(C)nc3c(C(N)=O)cnn3c2C)cc1. The van der Waals surface area contributed by atoms with E-state index in [1.807, 2.05) is 45.0 Å². The molecule has 0 saturated carbocycles. The monoisotopic (exact) mass is 409 g/mol. The summed E-state index contributed by atoms with van der Waals surface area (Å²) in [5.41, 5.74) is 9.74. The van der Waals surface area contributed by atoms with E-state index in [1.54, 1.807) is 16.5 Å². The van der Waals surface area contributed by atoms with Crippen LogP contribution in [0.1, 0.15) is 46.2 Å². The van der Waals surface area contributed by atoms with E-state index in [0.29, 0.717) is 37.2 Å². The second kappa shape index (κ2) is 8.94. The highest BCUT2D eigenvalue weighted by atomic mass is 16.5. The summed E-state index contributed by atoms with van der Waals surface area (Å²) in [4.78, 5) is 30.4. The van der Waals surface area contributed by atoms with E-state index in [4.69, 9.17) is 10.5 Å². The first-order valence-corrected chi connectivity index (χ1v) is 9.91. The molecule has 2 N–H and O–H groups in total. The molecule has 0 aliphatic rings. The second-order valence-electron chi connectivity index (χ2n) is 7.25. The summed E-state index contributed by atoms with van der Waals surface area (Å²) in [5.74, 6) is 0.304. The molecule has 2 aromatic heterocycles. The van der Waals surface area contributed by atoms with Crippen LogP contribution in [0.3, 0.4) is 0 Å². The standard InChI is InChI=1S/C22H27N5O3/c1-5-30-17-8-6-16(7-9-17)13-26(4)20(28)11-10-18-14(2)25-22-19(21(23)29)12-24-27(22)15(18)3/h6-9,12H,5,10-11,13H2,1-4H3,(H2,23,29). The molecule has 3 aromatic rings. The summed E-state index contributed by atoms with van der Waals surface area (Å²) >= 11 is 0. The van der Waals surface area contributed by atoms with Crippen LogP contribution in [0.25, 0.3) is 5.65 Å². The number of aryl methyl sites for hydroxylation is 2. The van der Waals surface area contributed by atoms with Crippen molar-refractivity contribution >= 4 is 17.5 Å². The molecule has 3 rings (SSSR count). The third-order valence-electron chi connectivity index (χ3n) is 5.14. The number of primary amides is 1. The number of carbonyl (C=O) groups is 2. The van der Waals surface area contributed by atoms with Gasteiger partial charge in [0, 0.05) is 31.4 Å². The Morgan fingerprint density at radius 2 is 1.90 bits per heavy atom. The first-order valence-electron chi connectivity index (χ1n) is 9.91. The summed E-state index contributed by atoms with van der Waals surface area (Å²) < 4.78 is 7.06. The van der Waals surface area contributed by atoms with Crippen molar-refractivity contribution in [2.24, 2.45) is 5.73 Å². The first-order chi connectivity index (χ1) is 14.3. The van der Waals surface area contributed by atoms with Crippen LogP contribution in [-0.4, -0.2) is 45.0 Å². The van der Waals surface area contributed by atoms with Gasteiger partial charge in [-0.25, -0.2) is 9.50 Å². The van der Waals surface area contributed by atoms with Gasteiger partial charge in [0.2, 0.25) is 5.91 Å². The second-order valence-corrected chi connectivity index (χ2v) is 7.25. The molecule has 0 saturated heterocycles. The maximum Gasteiger partial charge on any atom is 0.254 e. The summed E-state index contributed by atoms with van der Waals surface area (Å²) in [7, 11) is 1.80. The molecule has 2 amide bonds. The number of rotatable bonds is 8. The molecule has 30 heavy (non-hydrogen) atoms. The van der Waals surface area contributed by atoms with E-state index >= 15 is 0 Å². The van der Waals surface area contributed by atoms with Crippen molar-refractivity contribution in [2.75, 3.05) is 13.7 Å². The minimum Gasteiger partial charge on any atom is -0.494 e. The van der Waals surface area contributed by atoms with Crippen molar-refractivity contribution in [2.45, 2.75) is 40.2 Å². The number of fused-ring (bicyclic) bond motifs is 1. The van der Waals surface area contributed by atoms with E-state index in [2.05, 4.69) is 10.1 Å². The number of aromatic nitrogens is 3. The van der Waals surface area contributed by atoms with Gasteiger partial charge in [-0.05, 0) is 50.5 Å². The lowest BCUT2D eigenvalue weighted by Gasteiger charge is -2.18. The van der Waals surface area contributed by atoms with Crippen LogP contribution in [0.4, 0.5) is 0 Å². The van der Waals surface area contributed by atoms with Gasteiger partial charge < -0.3 is 15.4 Å². The molecule has 8 nitrogen and oxygen atoms in total. The third-order valence-corrected chi connectivity index (χ3v) is 5.14. The highest BCUT2D eigenvalue weighted by Gasteiger charge is 2.18. The number of amides is 2. The lowest BCUT2D eigenvalue weighted by atomic mass is 10.1. The largest absolute Gasteiger partial charge is 0.494 e. The molecule has 0 bridgehead atoms. The fraction of sp³-hybridized carbons (Fsp3) is 0.364. The van der Waals surface area contributed by atoms with Crippen LogP contribution < -0.4 is 10.5 Å². The van der Waals surface area contributed by atoms with E-state index < -0.39 is 5.91 Å². The Morgan fingerprint density at radius 3 is 2.53 bits per heavy atom. The molecule has 0 aliphatic heterocycles. The van der Waals surface area contributed by atoms with Crippen LogP contribution >= 0.6 is 0 Å². The van der Waals surface area contributed by atoms with Crippen molar-refractivity contribution in [3.8, 4) is 5.75 Å². The van der Waals surface area contributed by atoms with Crippen molar-refractivity contribution in [3.63, 3.8) is 0 Å². The predicted octanol–water partition coefficient (Wildman–Crippen LogP) is 2.43. The first kappa shape index (κ1) is 21.3. The molecule has 0 aliphatic carbocycles. The third kappa shape index (κ3) is 4.42. The fourth-order valence-electron chi connectivity index (χ4n) is 3.49. The smallest absolute Gasteiger partial charge is 0.254 e. The summed E-state index contributed by atoms with van der Waals surface area (Å²) in [6.07, 6.45) is 2.32. The highest BCUT2D eigenvalue weighted by molar-refractivity contribution is 5.98. The van der Waals surface area contributed by atoms with Gasteiger partial charge in [0.1, 0.15) is 11.3 Å². The zero-order valence-corrected chi connectivity index (χ0v) is 17.8. The van der Waals surface area contributed by atoms with Gasteiger partial charge in [0.15, 0.2) is 5.65 Å². The van der Waals surface area contributed by atoms with Crippen LogP contribution in [0.5, 0.6) is 5.75 Å². The summed E-state index contributed by atoms with van der Waals surface area (Å²) in [5, 5.41) is 4.23. The van der Waals surface area contributed by atoms with Gasteiger partial charge in [-0.3, -0.25) is 9.59 Å². The number of ether oxygens (including phenoxy) is 1. The van der Waals surface area contributed by atoms with Crippen molar-refractivity contribution in [1.29, 1.82) is 0 Å². The number of nitrogens with two attached hydrogens (primary N) is 1. The van der Waals surface area contributed by atoms with Gasteiger partial charge in [0.05, 0.1) is 12.8 Å². The summed E-state index contributed by atoms with van der Waals surface area (Å²) in [6.45, 7) is 6.87. The normalized spacial score (nSPS) is 10.9. The van der Waals surface area contributed by atoms with E-state index in [9.17, 15) is 9.59 Å². The molecule has 0 spiro atoms. The quantitative estimate of drug-likeness (QED) is 0.615. The number of hydrogen-bond donors (Lipinski definition) is 1. The minimum absolute atomic E-state index is 0.0427. The van der Waals surface area contributed by atoms with Crippen molar-refractivity contribution in [3.05, 3.63) is 58.5 Å². The van der Waals surface area contributed by atoms with E-state index in [1.165, 1.54) is 6.20 Å². The molecular weight excluding hydrogens is 382 g/mol. The molecule has 0 unspecified atom stereocenters. The van der Waals surface area contributed by atoms with Crippen molar-refractivity contribution in [1.82, 2.24) is 19.5 Å². The number of benzene rings is 1. The van der Waals surface area contributed by atoms with Gasteiger partial charge in [-0.2, -0.15) is 5.10 Å². The predicted molar refractivity (Wildman–Crippen MR) is 113 cm³/mol. The molecule has 0 radical (unpaired) electrons. The van der Waals surface area contributed by atoms with Gasteiger partial charge in [-0.15, -0.1) is 0 Å². The minimum atomic E-state index is -0.560. The topological polar surface area (TPSA) is 103 Å². The van der Waals surface area contributed by atoms with Crippen LogP contribution in [0.2, 0.25) is 0 Å². The molecule has 8 heteroatoms. The number of carbonyl (C=O) groups excluding carboxylic acids is 2. The molecular formula is C22H27N5O3. The average molecular weight is 409 g/mol. The van der Waals surface area contributed by atoms with Crippen molar-refractivity contribution < 1.29 is 14.3 Å². The maximum atomic E-state index is 12.7. The highest BCUT2D eigenvalue weighted by Crippen LogP contribution is 2.19. The van der Waals surface area contributed by atoms with Gasteiger partial charge in [0.25, 0.3) is 5.91 Å². The van der Waals surface area contributed by atoms with E-state index in [-0.39, 0.29) is 5.91 Å². The Labute approximate surface area is 175 Å². The molecule has 2 heterocycles. The Balaban J connectivity index is 1.67. The Morgan fingerprint density at radius 1 is 1.20 bits per heavy atom. The number of hydrogen-bond acceptors (Lipinski definition) is 5. The zero-order chi connectivity index (χ0) is 21.8. The zero-order valence-electron chi connectivity index (χ0n) is 17.8. The Bertz CT molecular complexity index is 1070. The lowest BCUT2D eigenvalue weighted by molar-refractivity contribution is -0.130. The average Bonchev–Trinajstić information content (AvgIpc) is 3.13. The fourth-order valence-corrected chi connectivity index (χ4v) is 3.49. The van der Waals surface area contributed by atoms with Crippen LogP contribution in [-0.2, 0) is 17.8 Å². The lowest BCUT2D eigenvalue weighted by Crippen LogP contribution is -2.26. The maximum absolute atomic E-state index is 12.7. The van der Waals surface area contributed by atoms with Crippen LogP contribution in [0.15, 0.2) is 30.5 Å². The molecule has 0 fully saturated rings. The van der Waals surface area contributed by atoms with Gasteiger partial charge in [-0.1, -0.05) is 12.1 Å². The molecule has 1 aromatic carbocycles. The van der Waals surface area contributed by atoms with Gasteiger partial charge >= 0.3 is 0 Å². The number of nitrogens with zero attached hydrogens (tertiary/aromatic N) is 4. The van der Waals surface area contributed by atoms with Crippen LogP contribution in [0, 0.1) is 13.8 Å². The molecule has 0 atom stereocenters.